The topological polar surface area (TPSA) is 58.6 Å². The van der Waals surface area contributed by atoms with E-state index < -0.39 is 0 Å². The fourth-order valence-electron chi connectivity index (χ4n) is 3.24. The van der Waals surface area contributed by atoms with Gasteiger partial charge in [0.15, 0.2) is 0 Å². The van der Waals surface area contributed by atoms with E-state index >= 15 is 0 Å². The van der Waals surface area contributed by atoms with Crippen molar-refractivity contribution in [1.29, 1.82) is 0 Å². The molecule has 5 nitrogen and oxygen atoms in total. The van der Waals surface area contributed by atoms with Crippen LogP contribution in [0.2, 0.25) is 0 Å². The largest absolute Gasteiger partial charge is 0.497 e. The first kappa shape index (κ1) is 19.3. The van der Waals surface area contributed by atoms with Crippen LogP contribution in [0.5, 0.6) is 5.75 Å². The Morgan fingerprint density at radius 1 is 1.16 bits per heavy atom. The van der Waals surface area contributed by atoms with Crippen LogP contribution in [0.3, 0.4) is 0 Å². The first-order valence-electron chi connectivity index (χ1n) is 9.04. The summed E-state index contributed by atoms with van der Waals surface area (Å²) >= 11 is 0. The van der Waals surface area contributed by atoms with Crippen molar-refractivity contribution in [2.45, 2.75) is 33.6 Å². The number of hydrogen-bond acceptors (Lipinski definition) is 3. The molecule has 138 valence electrons. The molecule has 0 bridgehead atoms. The Morgan fingerprint density at radius 3 is 2.32 bits per heavy atom. The molecule has 1 heterocycles. The average Bonchev–Trinajstić information content (AvgIpc) is 3.04. The van der Waals surface area contributed by atoms with Crippen molar-refractivity contribution in [2.75, 3.05) is 26.7 Å². The number of ether oxygens (including phenoxy) is 1. The molecule has 25 heavy (non-hydrogen) atoms. The van der Waals surface area contributed by atoms with Gasteiger partial charge in [-0.15, -0.1) is 0 Å². The van der Waals surface area contributed by atoms with Gasteiger partial charge >= 0.3 is 0 Å². The van der Waals surface area contributed by atoms with Gasteiger partial charge in [-0.2, -0.15) is 0 Å². The number of nitrogens with one attached hydrogen (secondary N) is 1. The van der Waals surface area contributed by atoms with Crippen molar-refractivity contribution in [1.82, 2.24) is 10.2 Å². The maximum atomic E-state index is 12.7. The van der Waals surface area contributed by atoms with Crippen LogP contribution in [0, 0.1) is 17.8 Å². The van der Waals surface area contributed by atoms with Crippen molar-refractivity contribution < 1.29 is 14.3 Å². The molecule has 1 N–H and O–H groups in total. The number of nitrogens with zero attached hydrogens (tertiary/aromatic N) is 1. The lowest BCUT2D eigenvalue weighted by Crippen LogP contribution is -2.37. The first-order valence-corrected chi connectivity index (χ1v) is 9.04. The number of hydrogen-bond donors (Lipinski definition) is 1. The smallest absolute Gasteiger partial charge is 0.225 e. The Labute approximate surface area is 150 Å². The number of carbonyl (C=O) groups is 2. The summed E-state index contributed by atoms with van der Waals surface area (Å²) in [4.78, 5) is 27.0. The molecule has 2 amide bonds. The lowest BCUT2D eigenvalue weighted by molar-refractivity contribution is -0.133. The van der Waals surface area contributed by atoms with E-state index in [0.717, 1.165) is 11.3 Å². The Kier molecular flexibility index (Phi) is 6.45. The van der Waals surface area contributed by atoms with Crippen LogP contribution in [0.25, 0.3) is 0 Å². The third-order valence-corrected chi connectivity index (χ3v) is 4.69. The Morgan fingerprint density at radius 2 is 1.80 bits per heavy atom. The van der Waals surface area contributed by atoms with E-state index in [9.17, 15) is 9.59 Å². The monoisotopic (exact) mass is 346 g/mol. The molecule has 5 heteroatoms. The van der Waals surface area contributed by atoms with Crippen LogP contribution in [-0.2, 0) is 9.59 Å². The molecule has 0 aromatic heterocycles. The third kappa shape index (κ3) is 4.74. The Bertz CT molecular complexity index is 595. The molecule has 1 aliphatic heterocycles. The molecular weight excluding hydrogens is 316 g/mol. The summed E-state index contributed by atoms with van der Waals surface area (Å²) in [7, 11) is 1.63. The van der Waals surface area contributed by atoms with Crippen LogP contribution in [0.1, 0.15) is 39.2 Å². The fourth-order valence-corrected chi connectivity index (χ4v) is 3.24. The Balaban J connectivity index is 2.21. The van der Waals surface area contributed by atoms with E-state index in [2.05, 4.69) is 19.2 Å². The van der Waals surface area contributed by atoms with Gasteiger partial charge in [-0.05, 0) is 23.6 Å². The molecule has 0 radical (unpaired) electrons. The van der Waals surface area contributed by atoms with Crippen LogP contribution in [-0.4, -0.2) is 43.5 Å². The van der Waals surface area contributed by atoms with Crippen molar-refractivity contribution in [3.63, 3.8) is 0 Å². The van der Waals surface area contributed by atoms with Gasteiger partial charge in [-0.1, -0.05) is 39.8 Å². The van der Waals surface area contributed by atoms with Gasteiger partial charge in [0.25, 0.3) is 0 Å². The van der Waals surface area contributed by atoms with E-state index in [-0.39, 0.29) is 29.6 Å². The third-order valence-electron chi connectivity index (χ3n) is 4.69. The summed E-state index contributed by atoms with van der Waals surface area (Å²) in [5, 5.41) is 3.03. The van der Waals surface area contributed by atoms with Gasteiger partial charge in [0.05, 0.1) is 13.0 Å². The lowest BCUT2D eigenvalue weighted by Gasteiger charge is -2.19. The molecule has 0 saturated carbocycles. The minimum absolute atomic E-state index is 0.0146. The maximum Gasteiger partial charge on any atom is 0.225 e. The molecule has 0 unspecified atom stereocenters. The van der Waals surface area contributed by atoms with Gasteiger partial charge in [0.2, 0.25) is 11.8 Å². The zero-order valence-electron chi connectivity index (χ0n) is 15.9. The van der Waals surface area contributed by atoms with Gasteiger partial charge in [0.1, 0.15) is 5.75 Å². The van der Waals surface area contributed by atoms with Gasteiger partial charge < -0.3 is 15.0 Å². The summed E-state index contributed by atoms with van der Waals surface area (Å²) < 4.78 is 5.22. The predicted octanol–water partition coefficient (Wildman–Crippen LogP) is 2.67. The predicted molar refractivity (Wildman–Crippen MR) is 98.5 cm³/mol. The first-order chi connectivity index (χ1) is 11.8. The number of rotatable bonds is 6. The number of methoxy groups -OCH3 is 1. The fraction of sp³-hybridized carbons (Fsp3) is 0.600. The lowest BCUT2D eigenvalue weighted by atomic mass is 9.88. The zero-order chi connectivity index (χ0) is 18.6. The average molecular weight is 346 g/mol. The normalized spacial score (nSPS) is 20.2. The minimum Gasteiger partial charge on any atom is -0.497 e. The second-order valence-electron chi connectivity index (χ2n) is 7.52. The van der Waals surface area contributed by atoms with Crippen molar-refractivity contribution in [3.8, 4) is 5.75 Å². The molecule has 1 saturated heterocycles. The van der Waals surface area contributed by atoms with Crippen LogP contribution < -0.4 is 10.1 Å². The summed E-state index contributed by atoms with van der Waals surface area (Å²) in [6.45, 7) is 9.67. The van der Waals surface area contributed by atoms with Crippen molar-refractivity contribution in [2.24, 2.45) is 17.8 Å². The highest BCUT2D eigenvalue weighted by atomic mass is 16.5. The van der Waals surface area contributed by atoms with E-state index in [0.29, 0.717) is 25.6 Å². The van der Waals surface area contributed by atoms with Crippen LogP contribution in [0.4, 0.5) is 0 Å². The van der Waals surface area contributed by atoms with Crippen LogP contribution in [0.15, 0.2) is 24.3 Å². The van der Waals surface area contributed by atoms with E-state index in [1.807, 2.05) is 43.0 Å². The highest BCUT2D eigenvalue weighted by molar-refractivity contribution is 5.84. The summed E-state index contributed by atoms with van der Waals surface area (Å²) in [5.74, 6) is 1.08. The van der Waals surface area contributed by atoms with E-state index in [1.165, 1.54) is 0 Å². The number of benzene rings is 1. The number of amides is 2. The molecule has 1 aromatic carbocycles. The maximum absolute atomic E-state index is 12.7. The summed E-state index contributed by atoms with van der Waals surface area (Å²) in [6, 6.07) is 7.81. The van der Waals surface area contributed by atoms with E-state index in [4.69, 9.17) is 4.74 Å². The molecule has 1 aliphatic rings. The molecular formula is C20H30N2O3. The molecule has 2 rings (SSSR count). The number of likely N-dealkylation sites (tertiary alicyclic amines) is 1. The quantitative estimate of drug-likeness (QED) is 0.861. The van der Waals surface area contributed by atoms with Crippen molar-refractivity contribution >= 4 is 11.8 Å². The molecule has 0 aliphatic carbocycles. The highest BCUT2D eigenvalue weighted by Crippen LogP contribution is 2.34. The van der Waals surface area contributed by atoms with E-state index in [1.54, 1.807) is 7.11 Å². The number of carbonyl (C=O) groups excluding carboxylic acids is 2. The van der Waals surface area contributed by atoms with Gasteiger partial charge in [-0.25, -0.2) is 0 Å². The SMILES string of the molecule is COc1ccc([C@@H]2CN(C(=O)C(C)C)C[C@@H]2C(=O)NCC(C)C)cc1. The molecule has 2 atom stereocenters. The summed E-state index contributed by atoms with van der Waals surface area (Å²) in [5.41, 5.74) is 1.07. The minimum atomic E-state index is -0.213. The molecule has 1 aromatic rings. The second-order valence-corrected chi connectivity index (χ2v) is 7.52. The van der Waals surface area contributed by atoms with Gasteiger partial charge in [0, 0.05) is 31.5 Å². The Hall–Kier alpha value is -2.04. The molecule has 1 fully saturated rings. The molecule has 0 spiro atoms. The highest BCUT2D eigenvalue weighted by Gasteiger charge is 2.40. The summed E-state index contributed by atoms with van der Waals surface area (Å²) in [6.07, 6.45) is 0. The standard InChI is InChI=1S/C20H30N2O3/c1-13(2)10-21-19(23)18-12-22(20(24)14(3)4)11-17(18)15-6-8-16(25-5)9-7-15/h6-9,13-14,17-18H,10-12H2,1-5H3,(H,21,23)/t17-,18-/m0/s1. The second kappa shape index (κ2) is 8.37. The zero-order valence-corrected chi connectivity index (χ0v) is 15.9. The van der Waals surface area contributed by atoms with Crippen molar-refractivity contribution in [3.05, 3.63) is 29.8 Å². The van der Waals surface area contributed by atoms with Crippen LogP contribution >= 0.6 is 0 Å². The van der Waals surface area contributed by atoms with Gasteiger partial charge in [-0.3, -0.25) is 9.59 Å².